The van der Waals surface area contributed by atoms with Crippen LogP contribution in [0.25, 0.3) is 55.2 Å². The molecule has 2 N–H and O–H groups in total. The van der Waals surface area contributed by atoms with Gasteiger partial charge in [-0.25, -0.2) is 9.97 Å². The van der Waals surface area contributed by atoms with Crippen LogP contribution in [0.2, 0.25) is 0 Å². The lowest BCUT2D eigenvalue weighted by atomic mass is 10.1. The summed E-state index contributed by atoms with van der Waals surface area (Å²) in [6.45, 7) is 0. The number of thiophene rings is 1. The Kier molecular flexibility index (Phi) is 4.44. The highest BCUT2D eigenvalue weighted by Gasteiger charge is 2.17. The molecule has 0 aliphatic carbocycles. The fraction of sp³-hybridized carbons (Fsp3) is 0.0833. The Labute approximate surface area is 192 Å². The SMILES string of the molecule is CN(C)c1cncc(-c2ccc3[nH]nc(-c4cc5c(-c6ccc(F)s6)ccnc5[nH]4)c3n2)c1. The van der Waals surface area contributed by atoms with Crippen molar-refractivity contribution < 1.29 is 4.39 Å². The van der Waals surface area contributed by atoms with Crippen LogP contribution in [-0.2, 0) is 0 Å². The van der Waals surface area contributed by atoms with Crippen LogP contribution in [-0.4, -0.2) is 44.2 Å². The Hall–Kier alpha value is -4.11. The zero-order chi connectivity index (χ0) is 22.5. The number of hydrogen-bond donors (Lipinski definition) is 2. The highest BCUT2D eigenvalue weighted by atomic mass is 32.1. The van der Waals surface area contributed by atoms with E-state index in [0.717, 1.165) is 60.8 Å². The minimum Gasteiger partial charge on any atom is -0.376 e. The van der Waals surface area contributed by atoms with E-state index in [1.165, 1.54) is 6.07 Å². The second-order valence-electron chi connectivity index (χ2n) is 7.90. The quantitative estimate of drug-likeness (QED) is 0.367. The van der Waals surface area contributed by atoms with Crippen molar-refractivity contribution in [3.05, 3.63) is 66.2 Å². The van der Waals surface area contributed by atoms with Gasteiger partial charge in [0.15, 0.2) is 5.13 Å². The molecule has 7 nitrogen and oxygen atoms in total. The average Bonchev–Trinajstić information content (AvgIpc) is 3.55. The summed E-state index contributed by atoms with van der Waals surface area (Å²) in [7, 11) is 3.96. The highest BCUT2D eigenvalue weighted by molar-refractivity contribution is 7.14. The molecule has 0 saturated heterocycles. The number of fused-ring (bicyclic) bond motifs is 2. The lowest BCUT2D eigenvalue weighted by molar-refractivity contribution is 0.657. The lowest BCUT2D eigenvalue weighted by Gasteiger charge is -2.12. The molecule has 0 bridgehead atoms. The van der Waals surface area contributed by atoms with E-state index in [1.54, 1.807) is 18.5 Å². The summed E-state index contributed by atoms with van der Waals surface area (Å²) in [5.41, 5.74) is 7.45. The van der Waals surface area contributed by atoms with Crippen LogP contribution in [0.15, 0.2) is 61.1 Å². The Morgan fingerprint density at radius 1 is 1.03 bits per heavy atom. The molecule has 0 fully saturated rings. The molecule has 0 aliphatic rings. The summed E-state index contributed by atoms with van der Waals surface area (Å²) in [5.74, 6) is 0. The normalized spacial score (nSPS) is 11.5. The molecule has 162 valence electrons. The fourth-order valence-corrected chi connectivity index (χ4v) is 4.66. The largest absolute Gasteiger partial charge is 0.376 e. The Morgan fingerprint density at radius 2 is 1.94 bits per heavy atom. The van der Waals surface area contributed by atoms with Gasteiger partial charge >= 0.3 is 0 Å². The highest BCUT2D eigenvalue weighted by Crippen LogP contribution is 2.35. The van der Waals surface area contributed by atoms with Crippen LogP contribution in [0.1, 0.15) is 0 Å². The number of aromatic nitrogens is 6. The van der Waals surface area contributed by atoms with E-state index in [4.69, 9.17) is 4.98 Å². The lowest BCUT2D eigenvalue weighted by Crippen LogP contribution is -2.08. The van der Waals surface area contributed by atoms with E-state index in [1.807, 2.05) is 49.5 Å². The molecule has 33 heavy (non-hydrogen) atoms. The average molecular weight is 456 g/mol. The predicted octanol–water partition coefficient (Wildman–Crippen LogP) is 5.50. The third-order valence-corrected chi connectivity index (χ3v) is 6.48. The summed E-state index contributed by atoms with van der Waals surface area (Å²) in [6, 6.07) is 13.1. The van der Waals surface area contributed by atoms with Crippen molar-refractivity contribution in [3.8, 4) is 33.1 Å². The topological polar surface area (TPSA) is 86.4 Å². The number of nitrogens with one attached hydrogen (secondary N) is 2. The maximum Gasteiger partial charge on any atom is 0.176 e. The number of pyridine rings is 3. The Balaban J connectivity index is 1.48. The van der Waals surface area contributed by atoms with E-state index >= 15 is 0 Å². The predicted molar refractivity (Wildman–Crippen MR) is 130 cm³/mol. The van der Waals surface area contributed by atoms with Crippen LogP contribution in [0.3, 0.4) is 0 Å². The third kappa shape index (κ3) is 3.33. The Bertz CT molecular complexity index is 1630. The van der Waals surface area contributed by atoms with Gasteiger partial charge in [-0.15, -0.1) is 11.3 Å². The van der Waals surface area contributed by atoms with E-state index in [2.05, 4.69) is 31.2 Å². The first-order chi connectivity index (χ1) is 16.1. The maximum absolute atomic E-state index is 13.6. The van der Waals surface area contributed by atoms with Gasteiger partial charge in [0.2, 0.25) is 0 Å². The molecule has 0 unspecified atom stereocenters. The van der Waals surface area contributed by atoms with Crippen molar-refractivity contribution >= 4 is 39.1 Å². The van der Waals surface area contributed by atoms with Gasteiger partial charge in [0.1, 0.15) is 16.9 Å². The molecule has 9 heteroatoms. The van der Waals surface area contributed by atoms with Crippen molar-refractivity contribution in [3.63, 3.8) is 0 Å². The maximum atomic E-state index is 13.6. The molecule has 0 amide bonds. The van der Waals surface area contributed by atoms with Crippen molar-refractivity contribution in [2.24, 2.45) is 0 Å². The summed E-state index contributed by atoms with van der Waals surface area (Å²) in [6.07, 6.45) is 5.35. The molecule has 0 aromatic carbocycles. The number of anilines is 1. The van der Waals surface area contributed by atoms with Crippen molar-refractivity contribution in [2.45, 2.75) is 0 Å². The second-order valence-corrected chi connectivity index (χ2v) is 8.93. The fourth-order valence-electron chi connectivity index (χ4n) is 3.89. The van der Waals surface area contributed by atoms with Gasteiger partial charge in [0.05, 0.1) is 28.8 Å². The molecule has 6 aromatic rings. The van der Waals surface area contributed by atoms with Gasteiger partial charge in [-0.3, -0.25) is 10.1 Å². The number of nitrogens with zero attached hydrogens (tertiary/aromatic N) is 5. The monoisotopic (exact) mass is 455 g/mol. The van der Waals surface area contributed by atoms with Gasteiger partial charge in [-0.1, -0.05) is 0 Å². The molecule has 0 spiro atoms. The number of rotatable bonds is 4. The van der Waals surface area contributed by atoms with Crippen molar-refractivity contribution in [1.82, 2.24) is 30.1 Å². The van der Waals surface area contributed by atoms with Gasteiger partial charge in [0, 0.05) is 47.9 Å². The van der Waals surface area contributed by atoms with Gasteiger partial charge in [0.25, 0.3) is 0 Å². The van der Waals surface area contributed by atoms with Crippen LogP contribution in [0.5, 0.6) is 0 Å². The summed E-state index contributed by atoms with van der Waals surface area (Å²) < 4.78 is 13.6. The smallest absolute Gasteiger partial charge is 0.176 e. The first-order valence-corrected chi connectivity index (χ1v) is 11.1. The summed E-state index contributed by atoms with van der Waals surface area (Å²) in [4.78, 5) is 19.9. The van der Waals surface area contributed by atoms with Crippen LogP contribution >= 0.6 is 11.3 Å². The summed E-state index contributed by atoms with van der Waals surface area (Å²) >= 11 is 1.12. The van der Waals surface area contributed by atoms with E-state index in [9.17, 15) is 4.39 Å². The summed E-state index contributed by atoms with van der Waals surface area (Å²) in [5, 5.41) is 8.28. The second kappa shape index (κ2) is 7.49. The zero-order valence-corrected chi connectivity index (χ0v) is 18.6. The standard InChI is InChI=1S/C24H18FN7S/c1-32(2)14-9-13(11-26-12-14)17-3-4-18-22(28-17)23(31-30-18)19-10-16-15(7-8-27-24(16)29-19)20-5-6-21(25)33-20/h3-12H,1-2H3,(H,27,29)(H,30,31). The van der Waals surface area contributed by atoms with E-state index < -0.39 is 0 Å². The first-order valence-electron chi connectivity index (χ1n) is 10.3. The number of halogens is 1. The number of hydrogen-bond acceptors (Lipinski definition) is 6. The molecule has 0 aliphatic heterocycles. The van der Waals surface area contributed by atoms with E-state index in [0.29, 0.717) is 11.3 Å². The van der Waals surface area contributed by atoms with Crippen LogP contribution < -0.4 is 4.90 Å². The number of aromatic amines is 2. The molecule has 0 saturated carbocycles. The molecule has 6 rings (SSSR count). The Morgan fingerprint density at radius 3 is 2.76 bits per heavy atom. The molecule has 6 heterocycles. The molecular weight excluding hydrogens is 437 g/mol. The molecular formula is C24H18FN7S. The minimum absolute atomic E-state index is 0.214. The van der Waals surface area contributed by atoms with Gasteiger partial charge < -0.3 is 9.88 Å². The molecule has 0 radical (unpaired) electrons. The number of H-pyrrole nitrogens is 2. The molecule has 6 aromatic heterocycles. The first kappa shape index (κ1) is 19.6. The van der Waals surface area contributed by atoms with Crippen LogP contribution in [0.4, 0.5) is 10.1 Å². The van der Waals surface area contributed by atoms with Crippen molar-refractivity contribution in [2.75, 3.05) is 19.0 Å². The van der Waals surface area contributed by atoms with E-state index in [-0.39, 0.29) is 5.13 Å². The zero-order valence-electron chi connectivity index (χ0n) is 17.8. The van der Waals surface area contributed by atoms with Gasteiger partial charge in [-0.2, -0.15) is 9.49 Å². The van der Waals surface area contributed by atoms with Gasteiger partial charge in [-0.05, 0) is 42.5 Å². The van der Waals surface area contributed by atoms with Crippen LogP contribution in [0, 0.1) is 5.13 Å². The minimum atomic E-state index is -0.214. The third-order valence-electron chi connectivity index (χ3n) is 5.57. The van der Waals surface area contributed by atoms with Crippen molar-refractivity contribution in [1.29, 1.82) is 0 Å². The molecule has 0 atom stereocenters.